The van der Waals surface area contributed by atoms with Gasteiger partial charge in [-0.15, -0.1) is 0 Å². The highest BCUT2D eigenvalue weighted by atomic mass is 35.5. The average Bonchev–Trinajstić information content (AvgIpc) is 2.30. The molecule has 0 aromatic carbocycles. The summed E-state index contributed by atoms with van der Waals surface area (Å²) in [6.07, 6.45) is 1.36. The molecule has 8 heteroatoms. The molecule has 1 fully saturated rings. The third-order valence-electron chi connectivity index (χ3n) is 3.02. The largest absolute Gasteiger partial charge is 0.397 e. The van der Waals surface area contributed by atoms with E-state index in [0.29, 0.717) is 5.69 Å². The Balaban J connectivity index is 2.27. The number of pyridine rings is 1. The highest BCUT2D eigenvalue weighted by Gasteiger charge is 2.32. The van der Waals surface area contributed by atoms with E-state index in [0.717, 1.165) is 0 Å². The van der Waals surface area contributed by atoms with Crippen molar-refractivity contribution in [3.63, 3.8) is 0 Å². The first kappa shape index (κ1) is 14.1. The zero-order valence-electron chi connectivity index (χ0n) is 10.3. The lowest BCUT2D eigenvalue weighted by Gasteiger charge is -2.33. The first-order chi connectivity index (χ1) is 8.80. The summed E-state index contributed by atoms with van der Waals surface area (Å²) in [5, 5.41) is 0.0693. The molecule has 0 spiro atoms. The molecule has 1 aliphatic rings. The minimum atomic E-state index is -3.07. The number of nitrogens with two attached hydrogens (primary N) is 1. The van der Waals surface area contributed by atoms with E-state index < -0.39 is 9.84 Å². The van der Waals surface area contributed by atoms with Gasteiger partial charge in [-0.2, -0.15) is 0 Å². The maximum atomic E-state index is 12.3. The molecule has 104 valence electrons. The maximum Gasteiger partial charge on any atom is 0.257 e. The van der Waals surface area contributed by atoms with Gasteiger partial charge in [-0.25, -0.2) is 13.4 Å². The molecule has 2 N–H and O–H groups in total. The standard InChI is InChI=1S/C11H14ClN3O3S/c1-7-6-19(17,18)3-2-15(7)11(16)9-4-8(13)5-14-10(9)12/h4-5,7H,2-3,6,13H2,1H3. The fourth-order valence-electron chi connectivity index (χ4n) is 2.07. The van der Waals surface area contributed by atoms with Gasteiger partial charge in [0.2, 0.25) is 0 Å². The summed E-state index contributed by atoms with van der Waals surface area (Å²) in [6, 6.07) is 1.07. The van der Waals surface area contributed by atoms with Crippen molar-refractivity contribution in [2.24, 2.45) is 0 Å². The van der Waals surface area contributed by atoms with Crippen LogP contribution in [-0.2, 0) is 9.84 Å². The minimum Gasteiger partial charge on any atom is -0.397 e. The molecule has 19 heavy (non-hydrogen) atoms. The van der Waals surface area contributed by atoms with Gasteiger partial charge >= 0.3 is 0 Å². The monoisotopic (exact) mass is 303 g/mol. The van der Waals surface area contributed by atoms with Gasteiger partial charge < -0.3 is 10.6 Å². The SMILES string of the molecule is CC1CS(=O)(=O)CCN1C(=O)c1cc(N)cnc1Cl. The van der Waals surface area contributed by atoms with Crippen LogP contribution in [-0.4, -0.2) is 48.3 Å². The van der Waals surface area contributed by atoms with E-state index in [-0.39, 0.29) is 40.7 Å². The minimum absolute atomic E-state index is 0.0313. The molecule has 1 atom stereocenters. The van der Waals surface area contributed by atoms with Crippen molar-refractivity contribution in [1.82, 2.24) is 9.88 Å². The topological polar surface area (TPSA) is 93.4 Å². The van der Waals surface area contributed by atoms with Gasteiger partial charge in [0.15, 0.2) is 9.84 Å². The predicted octanol–water partition coefficient (Wildman–Crippen LogP) is 0.576. The molecule has 1 aromatic rings. The van der Waals surface area contributed by atoms with Gasteiger partial charge in [-0.1, -0.05) is 11.6 Å². The molecular weight excluding hydrogens is 290 g/mol. The molecule has 0 bridgehead atoms. The van der Waals surface area contributed by atoms with Crippen molar-refractivity contribution in [2.45, 2.75) is 13.0 Å². The van der Waals surface area contributed by atoms with Crippen LogP contribution in [0, 0.1) is 0 Å². The normalized spacial score (nSPS) is 22.2. The van der Waals surface area contributed by atoms with Gasteiger partial charge in [-0.05, 0) is 13.0 Å². The fraction of sp³-hybridized carbons (Fsp3) is 0.455. The van der Waals surface area contributed by atoms with Crippen molar-refractivity contribution >= 4 is 33.0 Å². The third-order valence-corrected chi connectivity index (χ3v) is 5.12. The molecule has 1 unspecified atom stereocenters. The molecule has 0 aliphatic carbocycles. The Morgan fingerprint density at radius 2 is 2.26 bits per heavy atom. The maximum absolute atomic E-state index is 12.3. The van der Waals surface area contributed by atoms with Crippen molar-refractivity contribution in [1.29, 1.82) is 0 Å². The van der Waals surface area contributed by atoms with Crippen molar-refractivity contribution < 1.29 is 13.2 Å². The summed E-state index contributed by atoms with van der Waals surface area (Å²) < 4.78 is 23.0. The highest BCUT2D eigenvalue weighted by molar-refractivity contribution is 7.91. The molecule has 1 aromatic heterocycles. The number of amides is 1. The molecule has 0 radical (unpaired) electrons. The summed E-state index contributed by atoms with van der Waals surface area (Å²) in [4.78, 5) is 17.7. The number of sulfone groups is 1. The number of carbonyl (C=O) groups is 1. The lowest BCUT2D eigenvalue weighted by molar-refractivity contribution is 0.0712. The molecule has 1 amide bonds. The zero-order chi connectivity index (χ0) is 14.2. The van der Waals surface area contributed by atoms with Crippen molar-refractivity contribution in [3.05, 3.63) is 23.0 Å². The number of nitrogen functional groups attached to an aromatic ring is 1. The fourth-order valence-corrected chi connectivity index (χ4v) is 3.81. The summed E-state index contributed by atoms with van der Waals surface area (Å²) >= 11 is 5.88. The van der Waals surface area contributed by atoms with Crippen LogP contribution < -0.4 is 5.73 Å². The first-order valence-corrected chi connectivity index (χ1v) is 7.92. The predicted molar refractivity (Wildman–Crippen MR) is 72.8 cm³/mol. The lowest BCUT2D eigenvalue weighted by atomic mass is 10.2. The van der Waals surface area contributed by atoms with Crippen LogP contribution in [0.2, 0.25) is 5.15 Å². The third kappa shape index (κ3) is 2.98. The molecule has 1 aliphatic heterocycles. The van der Waals surface area contributed by atoms with Gasteiger partial charge in [0.05, 0.1) is 29.0 Å². The Morgan fingerprint density at radius 3 is 2.89 bits per heavy atom. The van der Waals surface area contributed by atoms with E-state index in [9.17, 15) is 13.2 Å². The smallest absolute Gasteiger partial charge is 0.257 e. The van der Waals surface area contributed by atoms with E-state index in [1.165, 1.54) is 17.2 Å². The van der Waals surface area contributed by atoms with E-state index in [4.69, 9.17) is 17.3 Å². The number of anilines is 1. The number of carbonyl (C=O) groups excluding carboxylic acids is 1. The Hall–Kier alpha value is -1.34. The van der Waals surface area contributed by atoms with Crippen LogP contribution in [0.3, 0.4) is 0 Å². The highest BCUT2D eigenvalue weighted by Crippen LogP contribution is 2.21. The quantitative estimate of drug-likeness (QED) is 0.766. The Bertz CT molecular complexity index is 618. The van der Waals surface area contributed by atoms with Crippen LogP contribution in [0.15, 0.2) is 12.3 Å². The van der Waals surface area contributed by atoms with Gasteiger partial charge in [0, 0.05) is 12.6 Å². The van der Waals surface area contributed by atoms with E-state index in [1.807, 2.05) is 0 Å². The van der Waals surface area contributed by atoms with Gasteiger partial charge in [0.25, 0.3) is 5.91 Å². The Labute approximate surface area is 116 Å². The second-order valence-electron chi connectivity index (χ2n) is 4.57. The Kier molecular flexibility index (Phi) is 3.69. The van der Waals surface area contributed by atoms with Crippen molar-refractivity contribution in [2.75, 3.05) is 23.8 Å². The van der Waals surface area contributed by atoms with Crippen molar-refractivity contribution in [3.8, 4) is 0 Å². The lowest BCUT2D eigenvalue weighted by Crippen LogP contribution is -2.49. The molecular formula is C11H14ClN3O3S. The molecule has 0 saturated carbocycles. The Morgan fingerprint density at radius 1 is 1.58 bits per heavy atom. The molecule has 1 saturated heterocycles. The first-order valence-electron chi connectivity index (χ1n) is 5.72. The van der Waals surface area contributed by atoms with Crippen LogP contribution >= 0.6 is 11.6 Å². The second-order valence-corrected chi connectivity index (χ2v) is 7.16. The summed E-state index contributed by atoms with van der Waals surface area (Å²) in [6.45, 7) is 1.86. The second kappa shape index (κ2) is 4.97. The molecule has 2 rings (SSSR count). The van der Waals surface area contributed by atoms with E-state index >= 15 is 0 Å². The summed E-state index contributed by atoms with van der Waals surface area (Å²) in [5.41, 5.74) is 6.12. The number of hydrogen-bond donors (Lipinski definition) is 1. The summed E-state index contributed by atoms with van der Waals surface area (Å²) in [5.74, 6) is -0.407. The number of aromatic nitrogens is 1. The van der Waals surface area contributed by atoms with Gasteiger partial charge in [0.1, 0.15) is 5.15 Å². The van der Waals surface area contributed by atoms with Crippen LogP contribution in [0.5, 0.6) is 0 Å². The average molecular weight is 304 g/mol. The van der Waals surface area contributed by atoms with E-state index in [2.05, 4.69) is 4.98 Å². The molecule has 6 nitrogen and oxygen atoms in total. The number of nitrogens with zero attached hydrogens (tertiary/aromatic N) is 2. The molecule has 2 heterocycles. The van der Waals surface area contributed by atoms with Crippen LogP contribution in [0.25, 0.3) is 0 Å². The van der Waals surface area contributed by atoms with E-state index in [1.54, 1.807) is 6.92 Å². The zero-order valence-corrected chi connectivity index (χ0v) is 11.9. The van der Waals surface area contributed by atoms with Crippen LogP contribution in [0.4, 0.5) is 5.69 Å². The number of hydrogen-bond acceptors (Lipinski definition) is 5. The number of rotatable bonds is 1. The number of halogens is 1. The van der Waals surface area contributed by atoms with Gasteiger partial charge in [-0.3, -0.25) is 4.79 Å². The van der Waals surface area contributed by atoms with Crippen LogP contribution in [0.1, 0.15) is 17.3 Å². The summed E-state index contributed by atoms with van der Waals surface area (Å²) in [7, 11) is -3.07.